The fourth-order valence-electron chi connectivity index (χ4n) is 2.79. The van der Waals surface area contributed by atoms with E-state index in [1.807, 2.05) is 37.3 Å². The average molecular weight is 408 g/mol. The molecule has 0 saturated heterocycles. The van der Waals surface area contributed by atoms with Crippen LogP contribution in [0.1, 0.15) is 28.9 Å². The number of aromatic nitrogens is 2. The summed E-state index contributed by atoms with van der Waals surface area (Å²) in [5, 5.41) is 14.7. The minimum Gasteiger partial charge on any atom is -0.496 e. The number of rotatable bonds is 8. The van der Waals surface area contributed by atoms with Crippen LogP contribution in [-0.2, 0) is 0 Å². The van der Waals surface area contributed by atoms with Crippen LogP contribution in [-0.4, -0.2) is 27.9 Å². The fraction of sp³-hybridized carbons (Fsp3) is 0.150. The van der Waals surface area contributed by atoms with Gasteiger partial charge in [-0.25, -0.2) is 9.97 Å². The first-order valence-electron chi connectivity index (χ1n) is 9.01. The van der Waals surface area contributed by atoms with Gasteiger partial charge in [-0.1, -0.05) is 42.5 Å². The summed E-state index contributed by atoms with van der Waals surface area (Å²) in [6.45, 7) is 1.86. The number of benzene rings is 2. The van der Waals surface area contributed by atoms with E-state index in [0.29, 0.717) is 5.75 Å². The maximum absolute atomic E-state index is 12.4. The number of nitrogens with one attached hydrogen (secondary N) is 3. The van der Waals surface area contributed by atoms with Crippen molar-refractivity contribution in [3.63, 3.8) is 0 Å². The van der Waals surface area contributed by atoms with E-state index < -0.39 is 10.8 Å². The highest BCUT2D eigenvalue weighted by molar-refractivity contribution is 5.97. The lowest BCUT2D eigenvalue weighted by atomic mass is 10.1. The van der Waals surface area contributed by atoms with Crippen LogP contribution in [0.3, 0.4) is 0 Å². The number of ether oxygens (including phenoxy) is 1. The van der Waals surface area contributed by atoms with E-state index in [1.54, 1.807) is 24.3 Å². The van der Waals surface area contributed by atoms with Crippen LogP contribution >= 0.6 is 0 Å². The van der Waals surface area contributed by atoms with Crippen LogP contribution in [0.2, 0.25) is 0 Å². The summed E-state index contributed by atoms with van der Waals surface area (Å²) < 4.78 is 5.15. The maximum atomic E-state index is 12.4. The molecular formula is C20H20N6O4. The summed E-state index contributed by atoms with van der Waals surface area (Å²) in [5.41, 5.74) is 5.73. The van der Waals surface area contributed by atoms with Gasteiger partial charge in [0.05, 0.1) is 23.6 Å². The van der Waals surface area contributed by atoms with Crippen molar-refractivity contribution in [2.24, 2.45) is 0 Å². The summed E-state index contributed by atoms with van der Waals surface area (Å²) in [6, 6.07) is 15.8. The first-order valence-corrected chi connectivity index (χ1v) is 9.01. The van der Waals surface area contributed by atoms with Crippen LogP contribution in [0.4, 0.5) is 17.3 Å². The SMILES string of the molecule is COc1ccccc1C(=O)NNc1ncnc(NC(C)c2ccccc2)c1[N+](=O)[O-]. The van der Waals surface area contributed by atoms with Gasteiger partial charge in [0.2, 0.25) is 11.6 Å². The van der Waals surface area contributed by atoms with Gasteiger partial charge in [-0.2, -0.15) is 0 Å². The van der Waals surface area contributed by atoms with Gasteiger partial charge in [0.25, 0.3) is 5.91 Å². The Kier molecular flexibility index (Phi) is 6.38. The number of nitro groups is 1. The molecule has 1 atom stereocenters. The number of hydrogen-bond donors (Lipinski definition) is 3. The summed E-state index contributed by atoms with van der Waals surface area (Å²) in [6.07, 6.45) is 1.17. The van der Waals surface area contributed by atoms with Gasteiger partial charge in [-0.15, -0.1) is 0 Å². The van der Waals surface area contributed by atoms with Gasteiger partial charge >= 0.3 is 5.69 Å². The number of methoxy groups -OCH3 is 1. The Bertz CT molecular complexity index is 1040. The molecule has 154 valence electrons. The van der Waals surface area contributed by atoms with Crippen LogP contribution in [0.25, 0.3) is 0 Å². The van der Waals surface area contributed by atoms with Gasteiger partial charge in [0, 0.05) is 0 Å². The van der Waals surface area contributed by atoms with E-state index >= 15 is 0 Å². The molecule has 10 nitrogen and oxygen atoms in total. The summed E-state index contributed by atoms with van der Waals surface area (Å²) in [4.78, 5) is 31.4. The second kappa shape index (κ2) is 9.32. The molecule has 3 rings (SSSR count). The quantitative estimate of drug-likeness (QED) is 0.382. The van der Waals surface area contributed by atoms with E-state index in [4.69, 9.17) is 4.74 Å². The molecule has 10 heteroatoms. The smallest absolute Gasteiger partial charge is 0.354 e. The zero-order valence-corrected chi connectivity index (χ0v) is 16.3. The Morgan fingerprint density at radius 1 is 1.07 bits per heavy atom. The zero-order chi connectivity index (χ0) is 21.5. The number of para-hydroxylation sites is 1. The molecule has 0 fully saturated rings. The van der Waals surface area contributed by atoms with Gasteiger partial charge in [0.15, 0.2) is 0 Å². The van der Waals surface area contributed by atoms with E-state index in [2.05, 4.69) is 26.1 Å². The molecule has 0 aliphatic rings. The minimum atomic E-state index is -0.613. The van der Waals surface area contributed by atoms with Crippen LogP contribution in [0.15, 0.2) is 60.9 Å². The molecule has 1 heterocycles. The van der Waals surface area contributed by atoms with E-state index in [0.717, 1.165) is 5.56 Å². The molecule has 1 amide bonds. The second-order valence-corrected chi connectivity index (χ2v) is 6.23. The molecule has 1 aromatic heterocycles. The Morgan fingerprint density at radius 3 is 2.43 bits per heavy atom. The lowest BCUT2D eigenvalue weighted by molar-refractivity contribution is -0.383. The monoisotopic (exact) mass is 408 g/mol. The Labute approximate surface area is 172 Å². The van der Waals surface area contributed by atoms with Crippen LogP contribution < -0.4 is 20.9 Å². The Hall–Kier alpha value is -4.21. The molecule has 0 radical (unpaired) electrons. The summed E-state index contributed by atoms with van der Waals surface area (Å²) in [7, 11) is 1.45. The molecule has 3 aromatic rings. The third-order valence-electron chi connectivity index (χ3n) is 4.30. The molecule has 0 aliphatic heterocycles. The first-order chi connectivity index (χ1) is 14.5. The van der Waals surface area contributed by atoms with Crippen molar-refractivity contribution >= 4 is 23.2 Å². The predicted molar refractivity (Wildman–Crippen MR) is 111 cm³/mol. The van der Waals surface area contributed by atoms with Crippen molar-refractivity contribution < 1.29 is 14.5 Å². The molecule has 0 spiro atoms. The summed E-state index contributed by atoms with van der Waals surface area (Å²) in [5.74, 6) is -0.290. The number of hydrogen-bond acceptors (Lipinski definition) is 8. The standard InChI is InChI=1S/C20H20N6O4/c1-13(14-8-4-3-5-9-14)23-18-17(26(28)29)19(22-12-21-18)24-25-20(27)15-10-6-7-11-16(15)30-2/h3-13H,1-2H3,(H,25,27)(H2,21,22,23,24). The van der Waals surface area contributed by atoms with E-state index in [9.17, 15) is 14.9 Å². The number of amides is 1. The van der Waals surface area contributed by atoms with Crippen LogP contribution in [0.5, 0.6) is 5.75 Å². The molecule has 3 N–H and O–H groups in total. The number of carbonyl (C=O) groups is 1. The highest BCUT2D eigenvalue weighted by Gasteiger charge is 2.25. The fourth-order valence-corrected chi connectivity index (χ4v) is 2.79. The lowest BCUT2D eigenvalue weighted by Gasteiger charge is -2.16. The van der Waals surface area contributed by atoms with E-state index in [-0.39, 0.29) is 28.9 Å². The van der Waals surface area contributed by atoms with E-state index in [1.165, 1.54) is 13.4 Å². The van der Waals surface area contributed by atoms with Crippen molar-refractivity contribution in [1.29, 1.82) is 0 Å². The Morgan fingerprint density at radius 2 is 1.73 bits per heavy atom. The third kappa shape index (κ3) is 4.61. The zero-order valence-electron chi connectivity index (χ0n) is 16.3. The summed E-state index contributed by atoms with van der Waals surface area (Å²) >= 11 is 0. The number of nitrogens with zero attached hydrogens (tertiary/aromatic N) is 3. The predicted octanol–water partition coefficient (Wildman–Crippen LogP) is 3.32. The third-order valence-corrected chi connectivity index (χ3v) is 4.30. The highest BCUT2D eigenvalue weighted by atomic mass is 16.6. The molecule has 0 saturated carbocycles. The largest absolute Gasteiger partial charge is 0.496 e. The Balaban J connectivity index is 1.81. The number of anilines is 2. The van der Waals surface area contributed by atoms with Gasteiger partial charge in [0.1, 0.15) is 12.1 Å². The molecular weight excluding hydrogens is 388 g/mol. The molecule has 0 bridgehead atoms. The lowest BCUT2D eigenvalue weighted by Crippen LogP contribution is -2.30. The van der Waals surface area contributed by atoms with Crippen molar-refractivity contribution in [2.75, 3.05) is 17.9 Å². The number of carbonyl (C=O) groups excluding carboxylic acids is 1. The molecule has 0 aliphatic carbocycles. The average Bonchev–Trinajstić information content (AvgIpc) is 2.77. The van der Waals surface area contributed by atoms with Crippen molar-refractivity contribution in [3.8, 4) is 5.75 Å². The van der Waals surface area contributed by atoms with Gasteiger partial charge in [-0.05, 0) is 24.6 Å². The molecule has 30 heavy (non-hydrogen) atoms. The second-order valence-electron chi connectivity index (χ2n) is 6.23. The van der Waals surface area contributed by atoms with Gasteiger partial charge in [-0.3, -0.25) is 25.8 Å². The minimum absolute atomic E-state index is 0.0281. The van der Waals surface area contributed by atoms with Crippen molar-refractivity contribution in [3.05, 3.63) is 82.2 Å². The topological polar surface area (TPSA) is 131 Å². The normalized spacial score (nSPS) is 11.3. The van der Waals surface area contributed by atoms with Crippen LogP contribution in [0, 0.1) is 10.1 Å². The first kappa shape index (κ1) is 20.5. The van der Waals surface area contributed by atoms with Crippen molar-refractivity contribution in [1.82, 2.24) is 15.4 Å². The highest BCUT2D eigenvalue weighted by Crippen LogP contribution is 2.31. The van der Waals surface area contributed by atoms with Gasteiger partial charge < -0.3 is 10.1 Å². The number of hydrazine groups is 1. The molecule has 1 unspecified atom stereocenters. The maximum Gasteiger partial charge on any atom is 0.354 e. The van der Waals surface area contributed by atoms with Crippen molar-refractivity contribution in [2.45, 2.75) is 13.0 Å². The molecule has 2 aromatic carbocycles.